The average molecular weight is 234 g/mol. The highest BCUT2D eigenvalue weighted by molar-refractivity contribution is 5.35. The Morgan fingerprint density at radius 3 is 2.71 bits per heavy atom. The molecule has 3 rings (SSSR count). The number of fused-ring (bicyclic) bond motifs is 1. The van der Waals surface area contributed by atoms with E-state index in [-0.39, 0.29) is 5.82 Å². The minimum atomic E-state index is -0.106. The highest BCUT2D eigenvalue weighted by Crippen LogP contribution is 2.37. The molecule has 1 aliphatic heterocycles. The largest absolute Gasteiger partial charge is 0.328 e. The van der Waals surface area contributed by atoms with Gasteiger partial charge in [-0.15, -0.1) is 0 Å². The van der Waals surface area contributed by atoms with Crippen LogP contribution in [0, 0.1) is 5.82 Å². The second-order valence-corrected chi connectivity index (χ2v) is 5.27. The van der Waals surface area contributed by atoms with E-state index in [1.807, 2.05) is 6.07 Å². The zero-order valence-electron chi connectivity index (χ0n) is 10.0. The summed E-state index contributed by atoms with van der Waals surface area (Å²) in [5, 5.41) is 0. The van der Waals surface area contributed by atoms with E-state index >= 15 is 0 Å². The van der Waals surface area contributed by atoms with Gasteiger partial charge in [0.25, 0.3) is 0 Å². The summed E-state index contributed by atoms with van der Waals surface area (Å²) in [6.45, 7) is 2.17. The fraction of sp³-hybridized carbons (Fsp3) is 0.571. The van der Waals surface area contributed by atoms with Crippen molar-refractivity contribution >= 4 is 0 Å². The van der Waals surface area contributed by atoms with E-state index in [1.54, 1.807) is 12.1 Å². The first kappa shape index (κ1) is 11.2. The third kappa shape index (κ3) is 2.09. The van der Waals surface area contributed by atoms with Gasteiger partial charge in [-0.05, 0) is 48.9 Å². The van der Waals surface area contributed by atoms with Crippen LogP contribution in [0.5, 0.6) is 0 Å². The van der Waals surface area contributed by atoms with E-state index < -0.39 is 0 Å². The molecule has 2 nitrogen and oxygen atoms in total. The highest BCUT2D eigenvalue weighted by atomic mass is 19.1. The average Bonchev–Trinajstić information content (AvgIpc) is 2.73. The zero-order valence-corrected chi connectivity index (χ0v) is 10.0. The molecule has 1 heterocycles. The second kappa shape index (κ2) is 4.39. The van der Waals surface area contributed by atoms with E-state index in [1.165, 1.54) is 11.1 Å². The Morgan fingerprint density at radius 1 is 1.18 bits per heavy atom. The van der Waals surface area contributed by atoms with Gasteiger partial charge in [0.1, 0.15) is 5.82 Å². The molecule has 17 heavy (non-hydrogen) atoms. The Kier molecular flexibility index (Phi) is 2.89. The number of likely N-dealkylation sites (tertiary alicyclic amines) is 1. The van der Waals surface area contributed by atoms with Gasteiger partial charge in [-0.2, -0.15) is 0 Å². The monoisotopic (exact) mass is 234 g/mol. The molecule has 0 aromatic heterocycles. The van der Waals surface area contributed by atoms with Crippen molar-refractivity contribution in [1.29, 1.82) is 0 Å². The lowest BCUT2D eigenvalue weighted by Crippen LogP contribution is -2.41. The minimum Gasteiger partial charge on any atom is -0.328 e. The van der Waals surface area contributed by atoms with Crippen LogP contribution in [-0.4, -0.2) is 24.0 Å². The summed E-state index contributed by atoms with van der Waals surface area (Å²) in [6, 6.07) is 6.13. The third-order valence-corrected chi connectivity index (χ3v) is 4.17. The molecule has 0 spiro atoms. The van der Waals surface area contributed by atoms with Gasteiger partial charge in [-0.3, -0.25) is 4.90 Å². The van der Waals surface area contributed by atoms with Crippen LogP contribution in [0.25, 0.3) is 0 Å². The summed E-state index contributed by atoms with van der Waals surface area (Å²) in [7, 11) is 0. The first-order valence-electron chi connectivity index (χ1n) is 6.52. The molecule has 3 heteroatoms. The first-order valence-corrected chi connectivity index (χ1v) is 6.52. The van der Waals surface area contributed by atoms with E-state index in [9.17, 15) is 4.39 Å². The molecule has 1 aromatic rings. The van der Waals surface area contributed by atoms with Crippen LogP contribution in [0.3, 0.4) is 0 Å². The molecular weight excluding hydrogens is 215 g/mol. The smallest absolute Gasteiger partial charge is 0.123 e. The summed E-state index contributed by atoms with van der Waals surface area (Å²) in [4.78, 5) is 2.52. The maximum atomic E-state index is 13.2. The first-order chi connectivity index (χ1) is 8.24. The Bertz CT molecular complexity index is 411. The number of rotatable bonds is 1. The van der Waals surface area contributed by atoms with Crippen molar-refractivity contribution in [3.8, 4) is 0 Å². The topological polar surface area (TPSA) is 29.3 Å². The molecule has 0 amide bonds. The molecular formula is C14H19FN2. The highest BCUT2D eigenvalue weighted by Gasteiger charge is 2.30. The van der Waals surface area contributed by atoms with E-state index in [2.05, 4.69) is 4.90 Å². The molecule has 1 unspecified atom stereocenters. The summed E-state index contributed by atoms with van der Waals surface area (Å²) < 4.78 is 13.2. The second-order valence-electron chi connectivity index (χ2n) is 5.27. The van der Waals surface area contributed by atoms with E-state index in [4.69, 9.17) is 5.73 Å². The fourth-order valence-electron chi connectivity index (χ4n) is 3.17. The minimum absolute atomic E-state index is 0.106. The van der Waals surface area contributed by atoms with Gasteiger partial charge in [0.2, 0.25) is 0 Å². The quantitative estimate of drug-likeness (QED) is 0.807. The molecule has 0 radical (unpaired) electrons. The molecule has 2 aliphatic rings. The molecule has 1 aromatic carbocycles. The third-order valence-electron chi connectivity index (χ3n) is 4.17. The number of nitrogens with two attached hydrogens (primary N) is 1. The molecule has 1 fully saturated rings. The van der Waals surface area contributed by atoms with Crippen LogP contribution >= 0.6 is 0 Å². The van der Waals surface area contributed by atoms with Crippen molar-refractivity contribution in [2.45, 2.75) is 37.8 Å². The summed E-state index contributed by atoms with van der Waals surface area (Å²) in [5.74, 6) is -0.106. The van der Waals surface area contributed by atoms with Crippen LogP contribution in [0.2, 0.25) is 0 Å². The van der Waals surface area contributed by atoms with Crippen LogP contribution < -0.4 is 5.73 Å². The van der Waals surface area contributed by atoms with E-state index in [0.717, 1.165) is 38.8 Å². The Hall–Kier alpha value is -0.930. The van der Waals surface area contributed by atoms with Gasteiger partial charge in [0.15, 0.2) is 0 Å². The number of benzene rings is 1. The predicted molar refractivity (Wildman–Crippen MR) is 66.2 cm³/mol. The molecule has 1 atom stereocenters. The molecule has 0 bridgehead atoms. The molecule has 1 aliphatic carbocycles. The normalized spacial score (nSPS) is 26.1. The lowest BCUT2D eigenvalue weighted by molar-refractivity contribution is 0.153. The van der Waals surface area contributed by atoms with Crippen molar-refractivity contribution < 1.29 is 4.39 Å². The maximum Gasteiger partial charge on any atom is 0.123 e. The zero-order chi connectivity index (χ0) is 11.8. The lowest BCUT2D eigenvalue weighted by Gasteiger charge is -2.35. The van der Waals surface area contributed by atoms with Gasteiger partial charge < -0.3 is 5.73 Å². The fourth-order valence-corrected chi connectivity index (χ4v) is 3.17. The van der Waals surface area contributed by atoms with Crippen molar-refractivity contribution in [3.63, 3.8) is 0 Å². The number of aryl methyl sites for hydroxylation is 1. The van der Waals surface area contributed by atoms with Gasteiger partial charge in [0.05, 0.1) is 0 Å². The van der Waals surface area contributed by atoms with Crippen LogP contribution in [0.15, 0.2) is 18.2 Å². The van der Waals surface area contributed by atoms with Crippen molar-refractivity contribution in [3.05, 3.63) is 35.1 Å². The Balaban J connectivity index is 1.79. The van der Waals surface area contributed by atoms with Crippen molar-refractivity contribution in [1.82, 2.24) is 4.90 Å². The molecule has 2 N–H and O–H groups in total. The Morgan fingerprint density at radius 2 is 1.94 bits per heavy atom. The van der Waals surface area contributed by atoms with Crippen LogP contribution in [-0.2, 0) is 6.42 Å². The summed E-state index contributed by atoms with van der Waals surface area (Å²) in [5.41, 5.74) is 8.47. The van der Waals surface area contributed by atoms with Gasteiger partial charge in [0, 0.05) is 25.2 Å². The standard InChI is InChI=1S/C14H19FN2/c15-11-2-3-13-10(9-11)1-4-14(13)17-7-5-12(16)6-8-17/h2-3,9,12,14H,1,4-8,16H2. The maximum absolute atomic E-state index is 13.2. The number of nitrogens with zero attached hydrogens (tertiary/aromatic N) is 1. The lowest BCUT2D eigenvalue weighted by atomic mass is 10.0. The van der Waals surface area contributed by atoms with Crippen molar-refractivity contribution in [2.24, 2.45) is 5.73 Å². The number of hydrogen-bond donors (Lipinski definition) is 1. The summed E-state index contributed by atoms with van der Waals surface area (Å²) >= 11 is 0. The van der Waals surface area contributed by atoms with Crippen molar-refractivity contribution in [2.75, 3.05) is 13.1 Å². The number of halogens is 1. The number of piperidine rings is 1. The van der Waals surface area contributed by atoms with Gasteiger partial charge >= 0.3 is 0 Å². The van der Waals surface area contributed by atoms with Gasteiger partial charge in [-0.1, -0.05) is 6.07 Å². The van der Waals surface area contributed by atoms with Crippen LogP contribution in [0.4, 0.5) is 4.39 Å². The molecule has 0 saturated carbocycles. The van der Waals surface area contributed by atoms with Crippen LogP contribution in [0.1, 0.15) is 36.4 Å². The van der Waals surface area contributed by atoms with E-state index in [0.29, 0.717) is 12.1 Å². The molecule has 1 saturated heterocycles. The molecule has 92 valence electrons. The Labute approximate surface area is 102 Å². The number of hydrogen-bond acceptors (Lipinski definition) is 2. The summed E-state index contributed by atoms with van der Waals surface area (Å²) in [6.07, 6.45) is 4.33. The predicted octanol–water partition coefficient (Wildman–Crippen LogP) is 2.24. The SMILES string of the molecule is NC1CCN(C2CCc3cc(F)ccc32)CC1. The van der Waals surface area contributed by atoms with Gasteiger partial charge in [-0.25, -0.2) is 4.39 Å².